The standard InChI is InChI=1S/C13H17N3O2/c1-5-8(2)16(4)13(17)10-6-11-9(3)15-18-12(11)14-7-10/h6-8H,5H2,1-4H3. The van der Waals surface area contributed by atoms with Gasteiger partial charge in [-0.05, 0) is 26.3 Å². The van der Waals surface area contributed by atoms with Crippen molar-refractivity contribution in [2.24, 2.45) is 0 Å². The number of rotatable bonds is 3. The summed E-state index contributed by atoms with van der Waals surface area (Å²) in [5, 5.41) is 4.62. The molecule has 1 amide bonds. The summed E-state index contributed by atoms with van der Waals surface area (Å²) in [6.45, 7) is 5.91. The van der Waals surface area contributed by atoms with Crippen LogP contribution < -0.4 is 0 Å². The fraction of sp³-hybridized carbons (Fsp3) is 0.462. The molecule has 96 valence electrons. The Balaban J connectivity index is 2.36. The molecule has 0 aliphatic rings. The van der Waals surface area contributed by atoms with Crippen molar-refractivity contribution >= 4 is 17.0 Å². The lowest BCUT2D eigenvalue weighted by atomic mass is 10.1. The molecule has 0 bridgehead atoms. The Hall–Kier alpha value is -1.91. The SMILES string of the molecule is CCC(C)N(C)C(=O)c1cnc2onc(C)c2c1. The largest absolute Gasteiger partial charge is 0.339 e. The van der Waals surface area contributed by atoms with Crippen LogP contribution in [-0.2, 0) is 0 Å². The summed E-state index contributed by atoms with van der Waals surface area (Å²) in [4.78, 5) is 18.1. The van der Waals surface area contributed by atoms with E-state index in [1.54, 1.807) is 18.0 Å². The molecule has 5 heteroatoms. The third-order valence-electron chi connectivity index (χ3n) is 3.33. The van der Waals surface area contributed by atoms with Crippen molar-refractivity contribution < 1.29 is 9.32 Å². The van der Waals surface area contributed by atoms with E-state index >= 15 is 0 Å². The summed E-state index contributed by atoms with van der Waals surface area (Å²) in [5.41, 5.74) is 1.78. The van der Waals surface area contributed by atoms with Crippen LogP contribution in [0.3, 0.4) is 0 Å². The summed E-state index contributed by atoms with van der Waals surface area (Å²) < 4.78 is 5.03. The molecule has 2 heterocycles. The number of pyridine rings is 1. The lowest BCUT2D eigenvalue weighted by Crippen LogP contribution is -2.34. The van der Waals surface area contributed by atoms with Gasteiger partial charge in [0.05, 0.1) is 16.6 Å². The van der Waals surface area contributed by atoms with E-state index in [0.29, 0.717) is 11.3 Å². The van der Waals surface area contributed by atoms with Gasteiger partial charge in [0, 0.05) is 19.3 Å². The zero-order valence-corrected chi connectivity index (χ0v) is 11.1. The van der Waals surface area contributed by atoms with Crippen molar-refractivity contribution in [3.05, 3.63) is 23.5 Å². The quantitative estimate of drug-likeness (QED) is 0.835. The van der Waals surface area contributed by atoms with Crippen molar-refractivity contribution in [1.29, 1.82) is 0 Å². The lowest BCUT2D eigenvalue weighted by molar-refractivity contribution is 0.0740. The number of aryl methyl sites for hydroxylation is 1. The fourth-order valence-corrected chi connectivity index (χ4v) is 1.74. The average Bonchev–Trinajstić information content (AvgIpc) is 2.77. The first-order valence-electron chi connectivity index (χ1n) is 6.03. The molecule has 0 saturated carbocycles. The molecule has 0 radical (unpaired) electrons. The molecule has 2 aromatic rings. The first kappa shape index (κ1) is 12.5. The maximum absolute atomic E-state index is 12.3. The van der Waals surface area contributed by atoms with Crippen LogP contribution in [0, 0.1) is 6.92 Å². The topological polar surface area (TPSA) is 59.2 Å². The van der Waals surface area contributed by atoms with Crippen molar-refractivity contribution in [2.45, 2.75) is 33.2 Å². The average molecular weight is 247 g/mol. The van der Waals surface area contributed by atoms with Crippen LogP contribution in [0.1, 0.15) is 36.3 Å². The van der Waals surface area contributed by atoms with E-state index in [-0.39, 0.29) is 11.9 Å². The van der Waals surface area contributed by atoms with Crippen LogP contribution in [-0.4, -0.2) is 34.0 Å². The first-order valence-corrected chi connectivity index (χ1v) is 6.03. The number of aromatic nitrogens is 2. The zero-order valence-electron chi connectivity index (χ0n) is 11.1. The Morgan fingerprint density at radius 2 is 2.28 bits per heavy atom. The van der Waals surface area contributed by atoms with Crippen LogP contribution in [0.25, 0.3) is 11.1 Å². The summed E-state index contributed by atoms with van der Waals surface area (Å²) in [6.07, 6.45) is 2.46. The minimum absolute atomic E-state index is 0.0284. The van der Waals surface area contributed by atoms with Gasteiger partial charge in [-0.25, -0.2) is 4.98 Å². The van der Waals surface area contributed by atoms with E-state index in [9.17, 15) is 4.79 Å². The highest BCUT2D eigenvalue weighted by molar-refractivity contribution is 5.97. The molecule has 0 aliphatic carbocycles. The van der Waals surface area contributed by atoms with Crippen molar-refractivity contribution in [1.82, 2.24) is 15.0 Å². The molecule has 0 aliphatic heterocycles. The normalized spacial score (nSPS) is 12.7. The molecule has 0 N–H and O–H groups in total. The van der Waals surface area contributed by atoms with Crippen LogP contribution in [0.2, 0.25) is 0 Å². The molecular formula is C13H17N3O2. The van der Waals surface area contributed by atoms with Crippen molar-refractivity contribution in [2.75, 3.05) is 7.05 Å². The van der Waals surface area contributed by atoms with Gasteiger partial charge in [0.25, 0.3) is 11.6 Å². The van der Waals surface area contributed by atoms with Gasteiger partial charge in [-0.1, -0.05) is 12.1 Å². The highest BCUT2D eigenvalue weighted by Gasteiger charge is 2.18. The monoisotopic (exact) mass is 247 g/mol. The number of hydrogen-bond donors (Lipinski definition) is 0. The summed E-state index contributed by atoms with van der Waals surface area (Å²) in [7, 11) is 1.81. The second-order valence-corrected chi connectivity index (χ2v) is 4.52. The number of nitrogens with zero attached hydrogens (tertiary/aromatic N) is 3. The van der Waals surface area contributed by atoms with Gasteiger partial charge in [0.2, 0.25) is 0 Å². The van der Waals surface area contributed by atoms with Gasteiger partial charge in [0.15, 0.2) is 0 Å². The molecule has 0 spiro atoms. The fourth-order valence-electron chi connectivity index (χ4n) is 1.74. The van der Waals surface area contributed by atoms with Crippen molar-refractivity contribution in [3.63, 3.8) is 0 Å². The molecule has 2 aromatic heterocycles. The Labute approximate surface area is 106 Å². The minimum Gasteiger partial charge on any atom is -0.339 e. The molecule has 1 unspecified atom stereocenters. The lowest BCUT2D eigenvalue weighted by Gasteiger charge is -2.23. The predicted molar refractivity (Wildman–Crippen MR) is 68.4 cm³/mol. The van der Waals surface area contributed by atoms with E-state index < -0.39 is 0 Å². The Morgan fingerprint density at radius 1 is 1.56 bits per heavy atom. The van der Waals surface area contributed by atoms with Gasteiger partial charge in [-0.15, -0.1) is 0 Å². The number of fused-ring (bicyclic) bond motifs is 1. The van der Waals surface area contributed by atoms with Gasteiger partial charge >= 0.3 is 0 Å². The van der Waals surface area contributed by atoms with E-state index in [1.807, 2.05) is 13.8 Å². The maximum Gasteiger partial charge on any atom is 0.257 e. The third-order valence-corrected chi connectivity index (χ3v) is 3.33. The molecule has 0 saturated heterocycles. The summed E-state index contributed by atoms with van der Waals surface area (Å²) in [5.74, 6) is -0.0284. The zero-order chi connectivity index (χ0) is 13.3. The number of carbonyl (C=O) groups excluding carboxylic acids is 1. The smallest absolute Gasteiger partial charge is 0.257 e. The molecular weight excluding hydrogens is 230 g/mol. The number of hydrogen-bond acceptors (Lipinski definition) is 4. The summed E-state index contributed by atoms with van der Waals surface area (Å²) >= 11 is 0. The van der Waals surface area contributed by atoms with E-state index in [0.717, 1.165) is 17.5 Å². The van der Waals surface area contributed by atoms with E-state index in [4.69, 9.17) is 4.52 Å². The minimum atomic E-state index is -0.0284. The second kappa shape index (κ2) is 4.76. The van der Waals surface area contributed by atoms with E-state index in [2.05, 4.69) is 17.1 Å². The Morgan fingerprint density at radius 3 is 2.94 bits per heavy atom. The highest BCUT2D eigenvalue weighted by atomic mass is 16.5. The number of carbonyl (C=O) groups is 1. The van der Waals surface area contributed by atoms with Crippen LogP contribution >= 0.6 is 0 Å². The molecule has 2 rings (SSSR count). The van der Waals surface area contributed by atoms with Gasteiger partial charge < -0.3 is 9.42 Å². The van der Waals surface area contributed by atoms with Crippen molar-refractivity contribution in [3.8, 4) is 0 Å². The van der Waals surface area contributed by atoms with Gasteiger partial charge in [-0.3, -0.25) is 4.79 Å². The van der Waals surface area contributed by atoms with E-state index in [1.165, 1.54) is 6.20 Å². The highest BCUT2D eigenvalue weighted by Crippen LogP contribution is 2.18. The summed E-state index contributed by atoms with van der Waals surface area (Å²) in [6, 6.07) is 1.99. The first-order chi connectivity index (χ1) is 8.54. The Bertz CT molecular complexity index is 577. The van der Waals surface area contributed by atoms with Gasteiger partial charge in [0.1, 0.15) is 0 Å². The molecule has 1 atom stereocenters. The third kappa shape index (κ3) is 2.08. The van der Waals surface area contributed by atoms with Gasteiger partial charge in [-0.2, -0.15) is 0 Å². The second-order valence-electron chi connectivity index (χ2n) is 4.52. The molecule has 18 heavy (non-hydrogen) atoms. The van der Waals surface area contributed by atoms with Crippen LogP contribution in [0.15, 0.2) is 16.8 Å². The molecule has 5 nitrogen and oxygen atoms in total. The number of amides is 1. The van der Waals surface area contributed by atoms with Crippen LogP contribution in [0.5, 0.6) is 0 Å². The molecule has 0 fully saturated rings. The Kier molecular flexibility index (Phi) is 3.32. The molecule has 0 aromatic carbocycles. The van der Waals surface area contributed by atoms with Crippen LogP contribution in [0.4, 0.5) is 0 Å². The predicted octanol–water partition coefficient (Wildman–Crippen LogP) is 2.40. The maximum atomic E-state index is 12.3.